The van der Waals surface area contributed by atoms with Crippen LogP contribution in [0, 0.1) is 0 Å². The van der Waals surface area contributed by atoms with Crippen LogP contribution in [0.1, 0.15) is 68.4 Å². The summed E-state index contributed by atoms with van der Waals surface area (Å²) in [5.41, 5.74) is 2.40. The first-order valence-corrected chi connectivity index (χ1v) is 8.80. The number of esters is 1. The molecule has 2 rings (SSSR count). The van der Waals surface area contributed by atoms with Crippen molar-refractivity contribution in [2.75, 3.05) is 7.11 Å². The predicted molar refractivity (Wildman–Crippen MR) is 100 cm³/mol. The zero-order chi connectivity index (χ0) is 18.6. The van der Waals surface area contributed by atoms with Gasteiger partial charge in [0.15, 0.2) is 0 Å². The number of allylic oxidation sites excluding steroid dienone is 2. The number of rotatable bonds is 6. The fraction of sp³-hybridized carbons (Fsp3) is 0.476. The van der Waals surface area contributed by atoms with Gasteiger partial charge < -0.3 is 14.6 Å². The number of benzene rings is 1. The molecule has 25 heavy (non-hydrogen) atoms. The third-order valence-corrected chi connectivity index (χ3v) is 4.43. The van der Waals surface area contributed by atoms with Crippen molar-refractivity contribution >= 4 is 12.0 Å². The van der Waals surface area contributed by atoms with E-state index in [1.54, 1.807) is 0 Å². The van der Waals surface area contributed by atoms with E-state index in [-0.39, 0.29) is 11.3 Å². The van der Waals surface area contributed by atoms with Crippen LogP contribution in [0.15, 0.2) is 23.8 Å². The molecule has 0 saturated heterocycles. The van der Waals surface area contributed by atoms with Gasteiger partial charge in [0, 0.05) is 0 Å². The molecule has 1 aliphatic rings. The van der Waals surface area contributed by atoms with Crippen LogP contribution in [0.3, 0.4) is 0 Å². The highest BCUT2D eigenvalue weighted by Crippen LogP contribution is 2.42. The van der Waals surface area contributed by atoms with Gasteiger partial charge >= 0.3 is 5.97 Å². The molecule has 136 valence electrons. The lowest BCUT2D eigenvalue weighted by Gasteiger charge is -2.32. The van der Waals surface area contributed by atoms with Gasteiger partial charge in [0.2, 0.25) is 0 Å². The number of hydrogen-bond acceptors (Lipinski definition) is 4. The first-order chi connectivity index (χ1) is 11.8. The highest BCUT2D eigenvalue weighted by atomic mass is 16.5. The van der Waals surface area contributed by atoms with E-state index in [0.717, 1.165) is 24.8 Å². The fourth-order valence-corrected chi connectivity index (χ4v) is 3.08. The lowest BCUT2D eigenvalue weighted by molar-refractivity contribution is 0.0595. The van der Waals surface area contributed by atoms with E-state index >= 15 is 0 Å². The molecular formula is C21H28O4. The van der Waals surface area contributed by atoms with E-state index in [0.29, 0.717) is 17.7 Å². The molecule has 1 aromatic carbocycles. The monoisotopic (exact) mass is 344 g/mol. The summed E-state index contributed by atoms with van der Waals surface area (Å²) in [6, 6.07) is 1.87. The lowest BCUT2D eigenvalue weighted by atomic mass is 9.91. The summed E-state index contributed by atoms with van der Waals surface area (Å²) in [4.78, 5) is 12.1. The third-order valence-electron chi connectivity index (χ3n) is 4.43. The van der Waals surface area contributed by atoms with Crippen molar-refractivity contribution in [2.45, 2.75) is 59.0 Å². The normalized spacial score (nSPS) is 18.3. The van der Waals surface area contributed by atoms with Crippen molar-refractivity contribution in [3.8, 4) is 11.5 Å². The molecular weight excluding hydrogens is 316 g/mol. The number of phenols is 1. The maximum absolute atomic E-state index is 12.1. The van der Waals surface area contributed by atoms with Gasteiger partial charge in [0.05, 0.1) is 12.7 Å². The molecule has 1 atom stereocenters. The summed E-state index contributed by atoms with van der Waals surface area (Å²) in [5.74, 6) is 0.0419. The molecule has 1 unspecified atom stereocenters. The van der Waals surface area contributed by atoms with Crippen LogP contribution in [0.4, 0.5) is 0 Å². The van der Waals surface area contributed by atoms with Crippen LogP contribution < -0.4 is 4.74 Å². The minimum Gasteiger partial charge on any atom is -0.506 e. The number of phenolic OH excluding ortho intramolecular Hbond substituents is 1. The van der Waals surface area contributed by atoms with Gasteiger partial charge in [-0.25, -0.2) is 4.79 Å². The Morgan fingerprint density at radius 3 is 2.72 bits per heavy atom. The fourth-order valence-electron chi connectivity index (χ4n) is 3.08. The second kappa shape index (κ2) is 7.77. The number of carbonyl (C=O) groups is 1. The van der Waals surface area contributed by atoms with Crippen molar-refractivity contribution in [3.05, 3.63) is 40.5 Å². The number of carbonyl (C=O) groups excluding carboxylic acids is 1. The molecule has 0 fully saturated rings. The molecule has 0 aliphatic carbocycles. The quantitative estimate of drug-likeness (QED) is 0.580. The summed E-state index contributed by atoms with van der Waals surface area (Å²) >= 11 is 0. The van der Waals surface area contributed by atoms with Gasteiger partial charge in [-0.1, -0.05) is 25.0 Å². The van der Waals surface area contributed by atoms with Crippen LogP contribution >= 0.6 is 0 Å². The Balaban J connectivity index is 2.40. The smallest absolute Gasteiger partial charge is 0.341 e. The first kappa shape index (κ1) is 19.1. The number of aryl methyl sites for hydroxylation is 1. The van der Waals surface area contributed by atoms with Gasteiger partial charge in [0.1, 0.15) is 22.7 Å². The van der Waals surface area contributed by atoms with Crippen LogP contribution in [-0.2, 0) is 11.2 Å². The Kier molecular flexibility index (Phi) is 5.93. The molecule has 0 spiro atoms. The topological polar surface area (TPSA) is 55.8 Å². The zero-order valence-electron chi connectivity index (χ0n) is 15.8. The third kappa shape index (κ3) is 4.25. The van der Waals surface area contributed by atoms with Gasteiger partial charge in [-0.3, -0.25) is 0 Å². The standard InChI is InChI=1S/C21H28O4/c1-6-8-15-13-17-16(19(22)18(15)20(23)24-5)10-12-21(4,25-17)11-7-9-14(2)3/h9-10,12-13,22H,6-8,11H2,1-5H3. The molecule has 1 heterocycles. The van der Waals surface area contributed by atoms with Crippen molar-refractivity contribution < 1.29 is 19.4 Å². The van der Waals surface area contributed by atoms with Crippen molar-refractivity contribution in [2.24, 2.45) is 0 Å². The maximum Gasteiger partial charge on any atom is 0.341 e. The van der Waals surface area contributed by atoms with E-state index in [2.05, 4.69) is 19.9 Å². The average Bonchev–Trinajstić information content (AvgIpc) is 2.54. The predicted octanol–water partition coefficient (Wildman–Crippen LogP) is 5.04. The second-order valence-electron chi connectivity index (χ2n) is 6.98. The number of aromatic hydroxyl groups is 1. The van der Waals surface area contributed by atoms with E-state index in [4.69, 9.17) is 9.47 Å². The highest BCUT2D eigenvalue weighted by molar-refractivity contribution is 5.96. The second-order valence-corrected chi connectivity index (χ2v) is 6.98. The lowest BCUT2D eigenvalue weighted by Crippen LogP contribution is -2.32. The highest BCUT2D eigenvalue weighted by Gasteiger charge is 2.31. The summed E-state index contributed by atoms with van der Waals surface area (Å²) in [6.45, 7) is 8.23. The molecule has 0 aromatic heterocycles. The van der Waals surface area contributed by atoms with Crippen LogP contribution in [0.5, 0.6) is 11.5 Å². The minimum atomic E-state index is -0.519. The van der Waals surface area contributed by atoms with Gasteiger partial charge in [-0.05, 0) is 63.8 Å². The molecule has 0 radical (unpaired) electrons. The minimum absolute atomic E-state index is 0.0598. The Labute approximate surface area is 150 Å². The molecule has 4 heteroatoms. The summed E-state index contributed by atoms with van der Waals surface area (Å²) in [5, 5.41) is 10.6. The summed E-state index contributed by atoms with van der Waals surface area (Å²) in [6.07, 6.45) is 9.29. The van der Waals surface area contributed by atoms with E-state index in [1.165, 1.54) is 12.7 Å². The van der Waals surface area contributed by atoms with E-state index in [1.807, 2.05) is 32.1 Å². The largest absolute Gasteiger partial charge is 0.506 e. The maximum atomic E-state index is 12.1. The molecule has 4 nitrogen and oxygen atoms in total. The molecule has 1 aliphatic heterocycles. The van der Waals surface area contributed by atoms with Gasteiger partial charge in [-0.2, -0.15) is 0 Å². The number of fused-ring (bicyclic) bond motifs is 1. The zero-order valence-corrected chi connectivity index (χ0v) is 15.8. The van der Waals surface area contributed by atoms with Gasteiger partial charge in [0.25, 0.3) is 0 Å². The summed E-state index contributed by atoms with van der Waals surface area (Å²) in [7, 11) is 1.32. The van der Waals surface area contributed by atoms with Crippen molar-refractivity contribution in [1.29, 1.82) is 0 Å². The number of ether oxygens (including phenoxy) is 2. The first-order valence-electron chi connectivity index (χ1n) is 8.80. The molecule has 1 N–H and O–H groups in total. The SMILES string of the molecule is CCCc1cc2c(c(O)c1C(=O)OC)C=CC(C)(CCC=C(C)C)O2. The molecule has 1 aromatic rings. The Hall–Kier alpha value is -2.23. The molecule has 0 bridgehead atoms. The number of methoxy groups -OCH3 is 1. The molecule has 0 amide bonds. The average molecular weight is 344 g/mol. The Morgan fingerprint density at radius 2 is 2.12 bits per heavy atom. The van der Waals surface area contributed by atoms with Crippen molar-refractivity contribution in [1.82, 2.24) is 0 Å². The van der Waals surface area contributed by atoms with E-state index < -0.39 is 11.6 Å². The molecule has 0 saturated carbocycles. The Bertz CT molecular complexity index is 711. The number of hydrogen-bond donors (Lipinski definition) is 1. The van der Waals surface area contributed by atoms with Gasteiger partial charge in [-0.15, -0.1) is 0 Å². The van der Waals surface area contributed by atoms with Crippen LogP contribution in [0.25, 0.3) is 6.08 Å². The van der Waals surface area contributed by atoms with Crippen LogP contribution in [0.2, 0.25) is 0 Å². The Morgan fingerprint density at radius 1 is 1.40 bits per heavy atom. The van der Waals surface area contributed by atoms with Crippen LogP contribution in [-0.4, -0.2) is 23.8 Å². The summed E-state index contributed by atoms with van der Waals surface area (Å²) < 4.78 is 11.1. The van der Waals surface area contributed by atoms with Crippen molar-refractivity contribution in [3.63, 3.8) is 0 Å². The van der Waals surface area contributed by atoms with E-state index in [9.17, 15) is 9.90 Å².